The number of benzene rings is 2. The van der Waals surface area contributed by atoms with Crippen LogP contribution in [-0.2, 0) is 6.42 Å². The smallest absolute Gasteiger partial charge is 0.251 e. The first-order valence-electron chi connectivity index (χ1n) is 8.44. The molecule has 2 aromatic carbocycles. The molecule has 0 fully saturated rings. The van der Waals surface area contributed by atoms with Crippen molar-refractivity contribution in [1.29, 1.82) is 0 Å². The molecule has 3 aromatic rings. The van der Waals surface area contributed by atoms with Gasteiger partial charge in [-0.1, -0.05) is 47.5 Å². The Kier molecular flexibility index (Phi) is 4.70. The van der Waals surface area contributed by atoms with Gasteiger partial charge in [-0.25, -0.2) is 4.98 Å². The van der Waals surface area contributed by atoms with Crippen molar-refractivity contribution < 1.29 is 4.79 Å². The largest absolute Gasteiger partial charge is 0.343 e. The molecular formula is C20H17Cl2N3O. The third kappa shape index (κ3) is 3.35. The number of amides is 1. The number of nitrogens with one attached hydrogen (secondary N) is 1. The Labute approximate surface area is 161 Å². The van der Waals surface area contributed by atoms with Gasteiger partial charge < -0.3 is 9.88 Å². The minimum absolute atomic E-state index is 0.103. The van der Waals surface area contributed by atoms with Gasteiger partial charge in [-0.3, -0.25) is 4.79 Å². The van der Waals surface area contributed by atoms with E-state index in [-0.39, 0.29) is 18.0 Å². The van der Waals surface area contributed by atoms with Crippen molar-refractivity contribution in [3.8, 4) is 0 Å². The van der Waals surface area contributed by atoms with Crippen molar-refractivity contribution in [2.24, 2.45) is 0 Å². The van der Waals surface area contributed by atoms with Crippen LogP contribution in [0.25, 0.3) is 0 Å². The summed E-state index contributed by atoms with van der Waals surface area (Å²) in [6, 6.07) is 13.1. The first kappa shape index (κ1) is 17.1. The van der Waals surface area contributed by atoms with E-state index < -0.39 is 0 Å². The molecule has 4 rings (SSSR count). The summed E-state index contributed by atoms with van der Waals surface area (Å²) >= 11 is 12.1. The van der Waals surface area contributed by atoms with E-state index in [0.717, 1.165) is 18.4 Å². The molecule has 6 heteroatoms. The topological polar surface area (TPSA) is 46.9 Å². The molecule has 0 saturated heterocycles. The Morgan fingerprint density at radius 1 is 1.15 bits per heavy atom. The van der Waals surface area contributed by atoms with Gasteiger partial charge in [0.05, 0.1) is 18.4 Å². The van der Waals surface area contributed by atoms with Gasteiger partial charge in [0.2, 0.25) is 0 Å². The molecule has 0 unspecified atom stereocenters. The predicted molar refractivity (Wildman–Crippen MR) is 103 cm³/mol. The molecule has 0 saturated carbocycles. The van der Waals surface area contributed by atoms with Gasteiger partial charge in [-0.05, 0) is 42.2 Å². The molecule has 26 heavy (non-hydrogen) atoms. The van der Waals surface area contributed by atoms with Crippen molar-refractivity contribution >= 4 is 29.1 Å². The van der Waals surface area contributed by atoms with Crippen LogP contribution in [0.2, 0.25) is 10.0 Å². The lowest BCUT2D eigenvalue weighted by Gasteiger charge is -2.35. The van der Waals surface area contributed by atoms with Crippen LogP contribution in [0.1, 0.15) is 40.0 Å². The van der Waals surface area contributed by atoms with E-state index in [1.807, 2.05) is 18.3 Å². The molecule has 132 valence electrons. The summed E-state index contributed by atoms with van der Waals surface area (Å²) in [4.78, 5) is 17.1. The molecule has 0 spiro atoms. The number of nitrogens with zero attached hydrogens (tertiary/aromatic N) is 2. The van der Waals surface area contributed by atoms with Gasteiger partial charge in [-0.2, -0.15) is 0 Å². The van der Waals surface area contributed by atoms with Gasteiger partial charge in [0.15, 0.2) is 0 Å². The Morgan fingerprint density at radius 3 is 2.65 bits per heavy atom. The lowest BCUT2D eigenvalue weighted by molar-refractivity contribution is 0.0918. The molecule has 1 aromatic heterocycles. The van der Waals surface area contributed by atoms with Crippen LogP contribution in [0.4, 0.5) is 0 Å². The zero-order valence-corrected chi connectivity index (χ0v) is 15.4. The summed E-state index contributed by atoms with van der Waals surface area (Å²) in [7, 11) is 0. The van der Waals surface area contributed by atoms with Crippen molar-refractivity contribution in [3.63, 3.8) is 0 Å². The van der Waals surface area contributed by atoms with Crippen molar-refractivity contribution in [1.82, 2.24) is 14.9 Å². The predicted octanol–water partition coefficient (Wildman–Crippen LogP) is 4.85. The second-order valence-corrected chi connectivity index (χ2v) is 7.30. The van der Waals surface area contributed by atoms with E-state index in [2.05, 4.69) is 27.0 Å². The molecule has 0 radical (unpaired) electrons. The first-order chi connectivity index (χ1) is 12.6. The molecule has 4 nitrogen and oxygen atoms in total. The number of carbonyl (C=O) groups is 1. The van der Waals surface area contributed by atoms with E-state index in [4.69, 9.17) is 23.2 Å². The van der Waals surface area contributed by atoms with Gasteiger partial charge in [-0.15, -0.1) is 0 Å². The standard InChI is InChI=1S/C20H17Cl2N3O/c21-15-9-14(10-16(22)11-15)20(26)24-19-17-4-2-1-3-13(17)5-6-18(19)25-8-7-23-12-25/h1-4,7-12,18-19H,5-6H2,(H,24,26)/t18-,19-/m0/s1. The van der Waals surface area contributed by atoms with Crippen molar-refractivity contribution in [2.45, 2.75) is 24.9 Å². The zero-order chi connectivity index (χ0) is 18.1. The molecular weight excluding hydrogens is 369 g/mol. The van der Waals surface area contributed by atoms with E-state index in [1.54, 1.807) is 30.7 Å². The van der Waals surface area contributed by atoms with E-state index in [9.17, 15) is 4.79 Å². The maximum atomic E-state index is 12.9. The highest BCUT2D eigenvalue weighted by atomic mass is 35.5. The van der Waals surface area contributed by atoms with Gasteiger partial charge in [0.1, 0.15) is 0 Å². The quantitative estimate of drug-likeness (QED) is 0.700. The van der Waals surface area contributed by atoms with Gasteiger partial charge in [0.25, 0.3) is 5.91 Å². The number of aromatic nitrogens is 2. The third-order valence-electron chi connectivity index (χ3n) is 4.80. The molecule has 1 heterocycles. The maximum Gasteiger partial charge on any atom is 0.251 e. The molecule has 1 aliphatic carbocycles. The lowest BCUT2D eigenvalue weighted by Crippen LogP contribution is -2.37. The summed E-state index contributed by atoms with van der Waals surface area (Å²) in [5, 5.41) is 4.06. The summed E-state index contributed by atoms with van der Waals surface area (Å²) < 4.78 is 2.06. The third-order valence-corrected chi connectivity index (χ3v) is 5.24. The minimum atomic E-state index is -0.193. The Morgan fingerprint density at radius 2 is 1.92 bits per heavy atom. The summed E-state index contributed by atoms with van der Waals surface area (Å²) in [6.45, 7) is 0. The minimum Gasteiger partial charge on any atom is -0.343 e. The number of fused-ring (bicyclic) bond motifs is 1. The number of aryl methyl sites for hydroxylation is 1. The van der Waals surface area contributed by atoms with Crippen LogP contribution < -0.4 is 5.32 Å². The number of imidazole rings is 1. The van der Waals surface area contributed by atoms with Crippen LogP contribution in [0.15, 0.2) is 61.2 Å². The summed E-state index contributed by atoms with van der Waals surface area (Å²) in [5.74, 6) is -0.193. The monoisotopic (exact) mass is 385 g/mol. The first-order valence-corrected chi connectivity index (χ1v) is 9.19. The Balaban J connectivity index is 1.69. The maximum absolute atomic E-state index is 12.9. The summed E-state index contributed by atoms with van der Waals surface area (Å²) in [5.41, 5.74) is 2.85. The van der Waals surface area contributed by atoms with Crippen LogP contribution >= 0.6 is 23.2 Å². The number of rotatable bonds is 3. The number of halogens is 2. The zero-order valence-electron chi connectivity index (χ0n) is 13.9. The summed E-state index contributed by atoms with van der Waals surface area (Å²) in [6.07, 6.45) is 7.39. The van der Waals surface area contributed by atoms with Crippen molar-refractivity contribution in [3.05, 3.63) is 87.9 Å². The fourth-order valence-corrected chi connectivity index (χ4v) is 4.14. The highest BCUT2D eigenvalue weighted by molar-refractivity contribution is 6.35. The second-order valence-electron chi connectivity index (χ2n) is 6.42. The average molecular weight is 386 g/mol. The van der Waals surface area contributed by atoms with Crippen LogP contribution in [-0.4, -0.2) is 15.5 Å². The van der Waals surface area contributed by atoms with Crippen LogP contribution in [0, 0.1) is 0 Å². The average Bonchev–Trinajstić information content (AvgIpc) is 3.15. The second kappa shape index (κ2) is 7.14. The highest BCUT2D eigenvalue weighted by Crippen LogP contribution is 2.37. The highest BCUT2D eigenvalue weighted by Gasteiger charge is 2.32. The van der Waals surface area contributed by atoms with Crippen molar-refractivity contribution in [2.75, 3.05) is 0 Å². The van der Waals surface area contributed by atoms with Gasteiger partial charge in [0, 0.05) is 28.0 Å². The lowest BCUT2D eigenvalue weighted by atomic mass is 9.83. The van der Waals surface area contributed by atoms with E-state index in [1.165, 1.54) is 5.56 Å². The molecule has 1 N–H and O–H groups in total. The van der Waals surface area contributed by atoms with Crippen LogP contribution in [0.5, 0.6) is 0 Å². The molecule has 2 atom stereocenters. The van der Waals surface area contributed by atoms with E-state index in [0.29, 0.717) is 15.6 Å². The Hall–Kier alpha value is -2.30. The number of carbonyl (C=O) groups excluding carboxylic acids is 1. The molecule has 0 aliphatic heterocycles. The number of hydrogen-bond acceptors (Lipinski definition) is 2. The van der Waals surface area contributed by atoms with Gasteiger partial charge >= 0.3 is 0 Å². The molecule has 0 bridgehead atoms. The number of hydrogen-bond donors (Lipinski definition) is 1. The normalized spacial score (nSPS) is 19.0. The molecule has 1 aliphatic rings. The Bertz CT molecular complexity index is 920. The molecule has 1 amide bonds. The van der Waals surface area contributed by atoms with E-state index >= 15 is 0 Å². The fourth-order valence-electron chi connectivity index (χ4n) is 3.61. The SMILES string of the molecule is O=C(N[C@H]1c2ccccc2CC[C@@H]1n1ccnc1)c1cc(Cl)cc(Cl)c1. The fraction of sp³-hybridized carbons (Fsp3) is 0.200. The van der Waals surface area contributed by atoms with Crippen LogP contribution in [0.3, 0.4) is 0 Å².